The molecule has 1 saturated heterocycles. The number of piperidine rings is 1. The Labute approximate surface area is 161 Å². The number of furan rings is 1. The second-order valence-electron chi connectivity index (χ2n) is 7.37. The number of hydrogen-bond acceptors (Lipinski definition) is 5. The van der Waals surface area contributed by atoms with Gasteiger partial charge in [-0.05, 0) is 37.1 Å². The first-order chi connectivity index (χ1) is 13.9. The van der Waals surface area contributed by atoms with Gasteiger partial charge in [-0.3, -0.25) is 0 Å². The van der Waals surface area contributed by atoms with E-state index in [-0.39, 0.29) is 0 Å². The first-order valence-corrected chi connectivity index (χ1v) is 9.69. The van der Waals surface area contributed by atoms with Crippen molar-refractivity contribution in [1.82, 2.24) is 19.9 Å². The van der Waals surface area contributed by atoms with Crippen molar-refractivity contribution in [2.24, 2.45) is 0 Å². The molecule has 1 aliphatic heterocycles. The first-order valence-electron chi connectivity index (χ1n) is 9.69. The lowest BCUT2D eigenvalue weighted by atomic mass is 9.96. The van der Waals surface area contributed by atoms with Gasteiger partial charge in [-0.15, -0.1) is 0 Å². The van der Waals surface area contributed by atoms with Gasteiger partial charge in [0.1, 0.15) is 23.3 Å². The number of hydrogen-bond donors (Lipinski definition) is 1. The molecular weight excluding hydrogens is 350 g/mol. The van der Waals surface area contributed by atoms with E-state index in [1.807, 2.05) is 36.4 Å². The number of rotatable bonds is 2. The van der Waals surface area contributed by atoms with Crippen LogP contribution in [0.1, 0.15) is 24.6 Å². The molecule has 5 aromatic rings. The topological polar surface area (TPSA) is 70.8 Å². The Morgan fingerprint density at radius 2 is 1.79 bits per heavy atom. The average molecular weight is 369 g/mol. The van der Waals surface area contributed by atoms with Crippen LogP contribution in [0.3, 0.4) is 0 Å². The van der Waals surface area contributed by atoms with Crippen LogP contribution in [0.15, 0.2) is 59.3 Å². The van der Waals surface area contributed by atoms with Gasteiger partial charge < -0.3 is 14.3 Å². The third-order valence-electron chi connectivity index (χ3n) is 5.73. The fraction of sp³-hybridized carbons (Fsp3) is 0.227. The lowest BCUT2D eigenvalue weighted by Crippen LogP contribution is -2.33. The monoisotopic (exact) mass is 369 g/mol. The summed E-state index contributed by atoms with van der Waals surface area (Å²) in [7, 11) is 0. The number of fused-ring (bicyclic) bond motifs is 4. The largest absolute Gasteiger partial charge is 0.450 e. The zero-order valence-electron chi connectivity index (χ0n) is 15.3. The van der Waals surface area contributed by atoms with Gasteiger partial charge >= 0.3 is 0 Å². The quantitative estimate of drug-likeness (QED) is 0.491. The number of anilines is 1. The molecule has 0 saturated carbocycles. The highest BCUT2D eigenvalue weighted by molar-refractivity contribution is 6.05. The van der Waals surface area contributed by atoms with Crippen molar-refractivity contribution in [1.29, 1.82) is 0 Å². The lowest BCUT2D eigenvalue weighted by Gasteiger charge is -2.31. The summed E-state index contributed by atoms with van der Waals surface area (Å²) in [6, 6.07) is 16.2. The number of H-pyrrole nitrogens is 1. The minimum atomic E-state index is 0.441. The van der Waals surface area contributed by atoms with Crippen molar-refractivity contribution in [3.8, 4) is 0 Å². The van der Waals surface area contributed by atoms with Gasteiger partial charge in [0.2, 0.25) is 0 Å². The molecule has 1 fully saturated rings. The van der Waals surface area contributed by atoms with E-state index < -0.39 is 0 Å². The Hall–Kier alpha value is -3.41. The summed E-state index contributed by atoms with van der Waals surface area (Å²) in [4.78, 5) is 19.6. The molecule has 0 atom stereocenters. The molecule has 0 amide bonds. The standard InChI is InChI=1S/C22H19N5O/c1-4-8-18-15(5-1)19-20(28-18)22(24-13-23-19)27-11-9-14(10-12-27)21-25-16-6-2-3-7-17(16)26-21/h1-8,13-14H,9-12H2,(H,25,26). The maximum Gasteiger partial charge on any atom is 0.196 e. The SMILES string of the molecule is c1ccc2[nH]c(C3CCN(c4ncnc5c4oc4ccccc45)CC3)nc2c1. The van der Waals surface area contributed by atoms with Crippen molar-refractivity contribution < 1.29 is 4.42 Å². The number of benzene rings is 2. The number of nitrogens with zero attached hydrogens (tertiary/aromatic N) is 4. The summed E-state index contributed by atoms with van der Waals surface area (Å²) < 4.78 is 6.10. The normalized spacial score (nSPS) is 15.8. The van der Waals surface area contributed by atoms with Crippen LogP contribution in [-0.2, 0) is 0 Å². The zero-order chi connectivity index (χ0) is 18.5. The fourth-order valence-electron chi connectivity index (χ4n) is 4.27. The molecule has 0 unspecified atom stereocenters. The maximum atomic E-state index is 6.10. The maximum absolute atomic E-state index is 6.10. The van der Waals surface area contributed by atoms with E-state index in [9.17, 15) is 0 Å². The molecule has 0 spiro atoms. The van der Waals surface area contributed by atoms with E-state index >= 15 is 0 Å². The molecule has 6 nitrogen and oxygen atoms in total. The molecule has 6 heteroatoms. The van der Waals surface area contributed by atoms with Crippen LogP contribution < -0.4 is 4.90 Å². The van der Waals surface area contributed by atoms with E-state index in [1.54, 1.807) is 6.33 Å². The second-order valence-corrected chi connectivity index (χ2v) is 7.37. The second kappa shape index (κ2) is 6.05. The molecule has 138 valence electrons. The van der Waals surface area contributed by atoms with Crippen LogP contribution in [0.5, 0.6) is 0 Å². The third kappa shape index (κ3) is 2.37. The zero-order valence-corrected chi connectivity index (χ0v) is 15.3. The first kappa shape index (κ1) is 15.6. The van der Waals surface area contributed by atoms with Crippen LogP contribution in [-0.4, -0.2) is 33.0 Å². The minimum Gasteiger partial charge on any atom is -0.450 e. The van der Waals surface area contributed by atoms with E-state index in [0.29, 0.717) is 5.92 Å². The van der Waals surface area contributed by atoms with E-state index in [4.69, 9.17) is 9.40 Å². The highest BCUT2D eigenvalue weighted by Gasteiger charge is 2.26. The van der Waals surface area contributed by atoms with Crippen LogP contribution >= 0.6 is 0 Å². The highest BCUT2D eigenvalue weighted by Crippen LogP contribution is 2.35. The molecular formula is C22H19N5O. The van der Waals surface area contributed by atoms with Crippen LogP contribution in [0.25, 0.3) is 33.1 Å². The fourth-order valence-corrected chi connectivity index (χ4v) is 4.27. The molecule has 6 rings (SSSR count). The van der Waals surface area contributed by atoms with Crippen LogP contribution in [0.2, 0.25) is 0 Å². The lowest BCUT2D eigenvalue weighted by molar-refractivity contribution is 0.486. The van der Waals surface area contributed by atoms with Gasteiger partial charge in [-0.1, -0.05) is 24.3 Å². The van der Waals surface area contributed by atoms with Gasteiger partial charge in [-0.2, -0.15) is 0 Å². The van der Waals surface area contributed by atoms with Gasteiger partial charge in [0.25, 0.3) is 0 Å². The van der Waals surface area contributed by atoms with Gasteiger partial charge in [-0.25, -0.2) is 15.0 Å². The summed E-state index contributed by atoms with van der Waals surface area (Å²) in [5.74, 6) is 2.43. The molecule has 1 aliphatic rings. The van der Waals surface area contributed by atoms with E-state index in [2.05, 4.69) is 32.0 Å². The van der Waals surface area contributed by atoms with Crippen LogP contribution in [0.4, 0.5) is 5.82 Å². The highest BCUT2D eigenvalue weighted by atomic mass is 16.3. The van der Waals surface area contributed by atoms with Crippen molar-refractivity contribution in [2.75, 3.05) is 18.0 Å². The van der Waals surface area contributed by atoms with Crippen molar-refractivity contribution in [3.63, 3.8) is 0 Å². The summed E-state index contributed by atoms with van der Waals surface area (Å²) in [5, 5.41) is 1.04. The predicted octanol–water partition coefficient (Wildman–Crippen LogP) is 4.64. The molecule has 2 aromatic carbocycles. The van der Waals surface area contributed by atoms with Gasteiger partial charge in [0, 0.05) is 24.4 Å². The summed E-state index contributed by atoms with van der Waals surface area (Å²) >= 11 is 0. The Morgan fingerprint density at radius 1 is 0.964 bits per heavy atom. The number of aromatic amines is 1. The number of aromatic nitrogens is 4. The molecule has 3 aromatic heterocycles. The Morgan fingerprint density at radius 3 is 2.68 bits per heavy atom. The summed E-state index contributed by atoms with van der Waals surface area (Å²) in [6.45, 7) is 1.84. The Kier molecular flexibility index (Phi) is 3.38. The molecule has 0 aliphatic carbocycles. The molecule has 28 heavy (non-hydrogen) atoms. The number of nitrogens with one attached hydrogen (secondary N) is 1. The summed E-state index contributed by atoms with van der Waals surface area (Å²) in [5.41, 5.74) is 4.68. The predicted molar refractivity (Wildman–Crippen MR) is 110 cm³/mol. The summed E-state index contributed by atoms with van der Waals surface area (Å²) in [6.07, 6.45) is 3.71. The molecule has 1 N–H and O–H groups in total. The van der Waals surface area contributed by atoms with E-state index in [1.165, 1.54) is 0 Å². The number of para-hydroxylation sites is 3. The third-order valence-corrected chi connectivity index (χ3v) is 5.73. The van der Waals surface area contributed by atoms with Crippen molar-refractivity contribution in [3.05, 3.63) is 60.7 Å². The number of imidazole rings is 1. The van der Waals surface area contributed by atoms with Crippen LogP contribution in [0, 0.1) is 0 Å². The molecule has 4 heterocycles. The smallest absolute Gasteiger partial charge is 0.196 e. The van der Waals surface area contributed by atoms with Gasteiger partial charge in [0.05, 0.1) is 11.0 Å². The Bertz CT molecular complexity index is 1260. The minimum absolute atomic E-state index is 0.441. The van der Waals surface area contributed by atoms with Gasteiger partial charge in [0.15, 0.2) is 11.4 Å². The van der Waals surface area contributed by atoms with E-state index in [0.717, 1.165) is 70.7 Å². The molecule has 0 bridgehead atoms. The van der Waals surface area contributed by atoms with Crippen molar-refractivity contribution >= 4 is 38.9 Å². The average Bonchev–Trinajstić information content (AvgIpc) is 3.35. The van der Waals surface area contributed by atoms with Crippen molar-refractivity contribution in [2.45, 2.75) is 18.8 Å². The molecule has 0 radical (unpaired) electrons. The Balaban J connectivity index is 1.30.